The number of fused-ring (bicyclic) bond motifs is 2. The molecule has 0 aliphatic carbocycles. The summed E-state index contributed by atoms with van der Waals surface area (Å²) >= 11 is 0. The molecule has 1 saturated heterocycles. The van der Waals surface area contributed by atoms with Crippen LogP contribution >= 0.6 is 0 Å². The molecule has 5 rings (SSSR count). The van der Waals surface area contributed by atoms with Gasteiger partial charge in [-0.2, -0.15) is 0 Å². The van der Waals surface area contributed by atoms with Gasteiger partial charge in [-0.05, 0) is 65.1 Å². The number of aryl methyl sites for hydroxylation is 1. The third kappa shape index (κ3) is 3.83. The van der Waals surface area contributed by atoms with Crippen molar-refractivity contribution in [3.8, 4) is 5.75 Å². The van der Waals surface area contributed by atoms with Gasteiger partial charge in [0.2, 0.25) is 0 Å². The fraction of sp³-hybridized carbons (Fsp3) is 0.308. The molecule has 4 aromatic rings. The van der Waals surface area contributed by atoms with Crippen LogP contribution in [0.15, 0.2) is 54.7 Å². The van der Waals surface area contributed by atoms with Gasteiger partial charge in [0.25, 0.3) is 0 Å². The van der Waals surface area contributed by atoms with Gasteiger partial charge >= 0.3 is 0 Å². The Hall–Kier alpha value is -3.01. The molecule has 7 nitrogen and oxygen atoms in total. The maximum Gasteiger partial charge on any atom is 0.163 e. The number of hydrogen-bond donors (Lipinski definition) is 5. The van der Waals surface area contributed by atoms with Crippen LogP contribution in [0.25, 0.3) is 21.7 Å². The smallest absolute Gasteiger partial charge is 0.163 e. The number of aliphatic hydroxyl groups is 4. The second-order valence-corrected chi connectivity index (χ2v) is 8.94. The maximum absolute atomic E-state index is 14.4. The van der Waals surface area contributed by atoms with Gasteiger partial charge in [-0.3, -0.25) is 0 Å². The fourth-order valence-electron chi connectivity index (χ4n) is 4.89. The Balaban J connectivity index is 1.60. The molecule has 2 heterocycles. The number of phenols is 1. The molecule has 1 aromatic heterocycles. The third-order valence-corrected chi connectivity index (χ3v) is 6.59. The molecular formula is C26H26FNO6. The molecule has 178 valence electrons. The molecule has 5 atom stereocenters. The van der Waals surface area contributed by atoms with E-state index in [4.69, 9.17) is 4.74 Å². The number of hydrogen-bond acceptors (Lipinski definition) is 6. The van der Waals surface area contributed by atoms with E-state index in [1.54, 1.807) is 29.8 Å². The number of phenolic OH excluding ortho intramolecular Hbond substituents is 1. The van der Waals surface area contributed by atoms with E-state index in [-0.39, 0.29) is 5.75 Å². The minimum atomic E-state index is -1.52. The van der Waals surface area contributed by atoms with E-state index in [0.29, 0.717) is 22.9 Å². The SMILES string of the molecule is Cc1cc(F)cc2c(Cc3ccc4cc(O)ccc4c3)cn([C@@H]3O[C@H](CO)[C@@H](O)[C@H](O)[C@H]3O)c12. The lowest BCUT2D eigenvalue weighted by molar-refractivity contribution is -0.250. The predicted molar refractivity (Wildman–Crippen MR) is 124 cm³/mol. The second-order valence-electron chi connectivity index (χ2n) is 8.94. The largest absolute Gasteiger partial charge is 0.508 e. The van der Waals surface area contributed by atoms with Crippen LogP contribution in [0.2, 0.25) is 0 Å². The Morgan fingerprint density at radius 2 is 1.68 bits per heavy atom. The highest BCUT2D eigenvalue weighted by molar-refractivity contribution is 5.88. The Morgan fingerprint density at radius 3 is 2.44 bits per heavy atom. The summed E-state index contributed by atoms with van der Waals surface area (Å²) in [7, 11) is 0. The Bertz CT molecular complexity index is 1370. The monoisotopic (exact) mass is 467 g/mol. The highest BCUT2D eigenvalue weighted by atomic mass is 19.1. The topological polar surface area (TPSA) is 115 Å². The Kier molecular flexibility index (Phi) is 5.79. The first-order chi connectivity index (χ1) is 16.3. The first-order valence-corrected chi connectivity index (χ1v) is 11.1. The minimum absolute atomic E-state index is 0.189. The molecule has 0 saturated carbocycles. The zero-order valence-corrected chi connectivity index (χ0v) is 18.5. The number of aromatic nitrogens is 1. The van der Waals surface area contributed by atoms with E-state index in [9.17, 15) is 29.9 Å². The molecule has 0 amide bonds. The normalized spacial score (nSPS) is 25.3. The molecule has 0 radical (unpaired) electrons. The van der Waals surface area contributed by atoms with Gasteiger partial charge < -0.3 is 34.8 Å². The van der Waals surface area contributed by atoms with E-state index >= 15 is 0 Å². The van der Waals surface area contributed by atoms with Crippen LogP contribution in [0.3, 0.4) is 0 Å². The lowest BCUT2D eigenvalue weighted by Crippen LogP contribution is -2.56. The average molecular weight is 467 g/mol. The van der Waals surface area contributed by atoms with E-state index < -0.39 is 43.1 Å². The van der Waals surface area contributed by atoms with Crippen molar-refractivity contribution in [3.05, 3.63) is 77.2 Å². The number of aromatic hydroxyl groups is 1. The predicted octanol–water partition coefficient (Wildman–Crippen LogP) is 2.51. The van der Waals surface area contributed by atoms with Gasteiger partial charge in [-0.15, -0.1) is 0 Å². The number of rotatable bonds is 4. The van der Waals surface area contributed by atoms with Gasteiger partial charge in [0.15, 0.2) is 6.23 Å². The van der Waals surface area contributed by atoms with Gasteiger partial charge in [-0.1, -0.05) is 24.3 Å². The first-order valence-electron chi connectivity index (χ1n) is 11.1. The van der Waals surface area contributed by atoms with Gasteiger partial charge in [0.05, 0.1) is 12.1 Å². The van der Waals surface area contributed by atoms with Gasteiger partial charge in [-0.25, -0.2) is 4.39 Å². The molecule has 1 aliphatic heterocycles. The van der Waals surface area contributed by atoms with E-state index in [1.807, 2.05) is 24.3 Å². The van der Waals surface area contributed by atoms with E-state index in [2.05, 4.69) is 0 Å². The summed E-state index contributed by atoms with van der Waals surface area (Å²) in [5.41, 5.74) is 3.00. The van der Waals surface area contributed by atoms with Crippen LogP contribution in [0, 0.1) is 12.7 Å². The third-order valence-electron chi connectivity index (χ3n) is 6.59. The number of aliphatic hydroxyl groups excluding tert-OH is 4. The van der Waals surface area contributed by atoms with Gasteiger partial charge in [0, 0.05) is 11.6 Å². The quantitative estimate of drug-likeness (QED) is 0.315. The van der Waals surface area contributed by atoms with Crippen molar-refractivity contribution in [2.75, 3.05) is 6.61 Å². The molecule has 1 fully saturated rings. The number of benzene rings is 3. The number of nitrogens with zero attached hydrogens (tertiary/aromatic N) is 1. The van der Waals surface area contributed by atoms with E-state index in [0.717, 1.165) is 21.9 Å². The Morgan fingerprint density at radius 1 is 0.941 bits per heavy atom. The summed E-state index contributed by atoms with van der Waals surface area (Å²) in [6, 6.07) is 13.8. The number of ether oxygens (including phenoxy) is 1. The van der Waals surface area contributed by atoms with Crippen LogP contribution in [0.5, 0.6) is 5.75 Å². The molecule has 0 unspecified atom stereocenters. The summed E-state index contributed by atoms with van der Waals surface area (Å²) in [6.45, 7) is 1.21. The molecule has 8 heteroatoms. The molecule has 5 N–H and O–H groups in total. The van der Waals surface area contributed by atoms with Crippen molar-refractivity contribution >= 4 is 21.7 Å². The molecule has 1 aliphatic rings. The molecule has 3 aromatic carbocycles. The van der Waals surface area contributed by atoms with Gasteiger partial charge in [0.1, 0.15) is 36.0 Å². The van der Waals surface area contributed by atoms with Crippen LogP contribution in [-0.4, -0.2) is 61.1 Å². The van der Waals surface area contributed by atoms with Crippen LogP contribution in [0.4, 0.5) is 4.39 Å². The van der Waals surface area contributed by atoms with E-state index in [1.165, 1.54) is 12.1 Å². The highest BCUT2D eigenvalue weighted by Gasteiger charge is 2.44. The van der Waals surface area contributed by atoms with Crippen molar-refractivity contribution < 1.29 is 34.7 Å². The van der Waals surface area contributed by atoms with Crippen molar-refractivity contribution in [2.24, 2.45) is 0 Å². The average Bonchev–Trinajstić information content (AvgIpc) is 3.16. The summed E-state index contributed by atoms with van der Waals surface area (Å²) in [4.78, 5) is 0. The number of halogens is 1. The van der Waals surface area contributed by atoms with Crippen molar-refractivity contribution in [2.45, 2.75) is 44.0 Å². The first kappa shape index (κ1) is 22.8. The Labute approximate surface area is 194 Å². The standard InChI is InChI=1S/C26H26FNO6/c1-13-6-18(27)10-20-17(8-14-2-3-16-9-19(30)5-4-15(16)7-14)11-28(22(13)20)26-25(33)24(32)23(31)21(12-29)34-26/h2-7,9-11,21,23-26,29-33H,8,12H2,1H3/t21-,23-,24+,25-,26-/m1/s1. The molecule has 34 heavy (non-hydrogen) atoms. The second kappa shape index (κ2) is 8.65. The zero-order chi connectivity index (χ0) is 24.1. The van der Waals surface area contributed by atoms with Crippen LogP contribution in [-0.2, 0) is 11.2 Å². The summed E-state index contributed by atoms with van der Waals surface area (Å²) in [5, 5.41) is 52.9. The molecular weight excluding hydrogens is 441 g/mol. The zero-order valence-electron chi connectivity index (χ0n) is 18.5. The van der Waals surface area contributed by atoms with Crippen LogP contribution < -0.4 is 0 Å². The summed E-state index contributed by atoms with van der Waals surface area (Å²) in [5.74, 6) is -0.208. The highest BCUT2D eigenvalue weighted by Crippen LogP contribution is 2.36. The van der Waals surface area contributed by atoms with Crippen molar-refractivity contribution in [1.29, 1.82) is 0 Å². The van der Waals surface area contributed by atoms with Crippen LogP contribution in [0.1, 0.15) is 22.9 Å². The van der Waals surface area contributed by atoms with Crippen molar-refractivity contribution in [3.63, 3.8) is 0 Å². The lowest BCUT2D eigenvalue weighted by Gasteiger charge is -2.40. The summed E-state index contributed by atoms with van der Waals surface area (Å²) in [6.07, 6.45) is -4.37. The van der Waals surface area contributed by atoms with Crippen molar-refractivity contribution in [1.82, 2.24) is 4.57 Å². The molecule has 0 bridgehead atoms. The maximum atomic E-state index is 14.4. The summed E-state index contributed by atoms with van der Waals surface area (Å²) < 4.78 is 21.8. The molecule has 0 spiro atoms. The lowest BCUT2D eigenvalue weighted by atomic mass is 9.98. The minimum Gasteiger partial charge on any atom is -0.508 e. The fourth-order valence-corrected chi connectivity index (χ4v) is 4.89.